The van der Waals surface area contributed by atoms with E-state index >= 15 is 0 Å². The molecule has 0 saturated carbocycles. The van der Waals surface area contributed by atoms with Crippen molar-refractivity contribution in [3.05, 3.63) is 35.5 Å². The first-order valence-electron chi connectivity index (χ1n) is 8.68. The van der Waals surface area contributed by atoms with E-state index in [1.807, 2.05) is 24.3 Å². The predicted octanol–water partition coefficient (Wildman–Crippen LogP) is 2.91. The Morgan fingerprint density at radius 3 is 2.57 bits per heavy atom. The Bertz CT molecular complexity index is 1090. The summed E-state index contributed by atoms with van der Waals surface area (Å²) < 4.78 is 5.38. The lowest BCUT2D eigenvalue weighted by Gasteiger charge is -2.30. The smallest absolute Gasteiger partial charge is 0.348 e. The molecule has 2 aliphatic rings. The van der Waals surface area contributed by atoms with Crippen LogP contribution in [0.4, 0.5) is 27.7 Å². The highest BCUT2D eigenvalue weighted by Crippen LogP contribution is 2.44. The second kappa shape index (κ2) is 6.43. The SMILES string of the molecule is O=C(O)c1sc2ncnc3c2c1NC(=O)N3c1ccc(N2CCOCC2)cc1. The van der Waals surface area contributed by atoms with Gasteiger partial charge in [0.2, 0.25) is 0 Å². The van der Waals surface area contributed by atoms with Crippen LogP contribution in [0.3, 0.4) is 0 Å². The molecule has 0 radical (unpaired) electrons. The molecule has 28 heavy (non-hydrogen) atoms. The summed E-state index contributed by atoms with van der Waals surface area (Å²) in [4.78, 5) is 37.0. The first-order chi connectivity index (χ1) is 13.6. The van der Waals surface area contributed by atoms with Crippen LogP contribution < -0.4 is 15.1 Å². The second-order valence-electron chi connectivity index (χ2n) is 6.37. The van der Waals surface area contributed by atoms with Crippen molar-refractivity contribution in [2.45, 2.75) is 0 Å². The minimum Gasteiger partial charge on any atom is -0.477 e. The maximum atomic E-state index is 12.8. The third-order valence-corrected chi connectivity index (χ3v) is 5.88. The number of carbonyl (C=O) groups is 2. The molecule has 142 valence electrons. The summed E-state index contributed by atoms with van der Waals surface area (Å²) in [7, 11) is 0. The average Bonchev–Trinajstić information content (AvgIpc) is 3.09. The molecule has 2 N–H and O–H groups in total. The number of urea groups is 1. The number of carboxylic acid groups (broad SMARTS) is 1. The van der Waals surface area contributed by atoms with Crippen LogP contribution in [-0.2, 0) is 4.74 Å². The molecule has 10 heteroatoms. The molecule has 2 aliphatic heterocycles. The normalized spacial score (nSPS) is 16.4. The Balaban J connectivity index is 1.57. The molecule has 0 atom stereocenters. The molecule has 2 amide bonds. The van der Waals surface area contributed by atoms with Gasteiger partial charge in [-0.25, -0.2) is 24.5 Å². The van der Waals surface area contributed by atoms with E-state index in [1.54, 1.807) is 0 Å². The number of aromatic nitrogens is 2. The molecule has 4 heterocycles. The molecular formula is C18H15N5O4S. The summed E-state index contributed by atoms with van der Waals surface area (Å²) in [5.41, 5.74) is 1.96. The summed E-state index contributed by atoms with van der Waals surface area (Å²) in [5, 5.41) is 12.7. The van der Waals surface area contributed by atoms with Crippen molar-refractivity contribution in [1.82, 2.24) is 9.97 Å². The number of thiophene rings is 1. The first kappa shape index (κ1) is 16.9. The van der Waals surface area contributed by atoms with Crippen LogP contribution in [0.2, 0.25) is 0 Å². The van der Waals surface area contributed by atoms with Gasteiger partial charge in [-0.1, -0.05) is 0 Å². The van der Waals surface area contributed by atoms with Crippen molar-refractivity contribution < 1.29 is 19.4 Å². The van der Waals surface area contributed by atoms with Crippen LogP contribution >= 0.6 is 11.3 Å². The fraction of sp³-hybridized carbons (Fsp3) is 0.222. The third-order valence-electron chi connectivity index (χ3n) is 4.79. The summed E-state index contributed by atoms with van der Waals surface area (Å²) >= 11 is 1.02. The maximum Gasteiger partial charge on any atom is 0.348 e. The van der Waals surface area contributed by atoms with Crippen molar-refractivity contribution in [3.63, 3.8) is 0 Å². The van der Waals surface area contributed by atoms with Crippen LogP contribution in [0.25, 0.3) is 10.2 Å². The largest absolute Gasteiger partial charge is 0.477 e. The number of hydrogen-bond acceptors (Lipinski definition) is 7. The number of morpholine rings is 1. The van der Waals surface area contributed by atoms with Crippen molar-refractivity contribution in [3.8, 4) is 0 Å². The molecule has 0 aliphatic carbocycles. The summed E-state index contributed by atoms with van der Waals surface area (Å²) in [6, 6.07) is 7.17. The fourth-order valence-electron chi connectivity index (χ4n) is 3.49. The molecule has 2 aromatic heterocycles. The molecule has 1 fully saturated rings. The van der Waals surface area contributed by atoms with E-state index in [0.717, 1.165) is 30.1 Å². The van der Waals surface area contributed by atoms with Gasteiger partial charge in [0.05, 0.1) is 30.0 Å². The number of hydrogen-bond donors (Lipinski definition) is 2. The molecule has 0 unspecified atom stereocenters. The second-order valence-corrected chi connectivity index (χ2v) is 7.37. The molecule has 0 bridgehead atoms. The number of rotatable bonds is 3. The lowest BCUT2D eigenvalue weighted by atomic mass is 10.2. The number of benzene rings is 1. The van der Waals surface area contributed by atoms with Gasteiger partial charge in [-0.15, -0.1) is 11.3 Å². The number of ether oxygens (including phenoxy) is 1. The van der Waals surface area contributed by atoms with Gasteiger partial charge in [0.25, 0.3) is 0 Å². The van der Waals surface area contributed by atoms with Crippen LogP contribution in [0.15, 0.2) is 30.6 Å². The molecule has 0 spiro atoms. The Labute approximate surface area is 163 Å². The van der Waals surface area contributed by atoms with Gasteiger partial charge in [-0.3, -0.25) is 0 Å². The fourth-order valence-corrected chi connectivity index (χ4v) is 4.42. The molecule has 1 saturated heterocycles. The van der Waals surface area contributed by atoms with Gasteiger partial charge in [0.15, 0.2) is 5.82 Å². The van der Waals surface area contributed by atoms with Gasteiger partial charge < -0.3 is 20.1 Å². The van der Waals surface area contributed by atoms with E-state index in [-0.39, 0.29) is 10.6 Å². The van der Waals surface area contributed by atoms with Crippen molar-refractivity contribution >= 4 is 56.4 Å². The monoisotopic (exact) mass is 397 g/mol. The zero-order valence-electron chi connectivity index (χ0n) is 14.6. The lowest BCUT2D eigenvalue weighted by Crippen LogP contribution is -2.36. The Hall–Kier alpha value is -3.24. The lowest BCUT2D eigenvalue weighted by molar-refractivity contribution is 0.0703. The highest BCUT2D eigenvalue weighted by molar-refractivity contribution is 7.21. The summed E-state index contributed by atoms with van der Waals surface area (Å²) in [6.07, 6.45) is 1.34. The summed E-state index contributed by atoms with van der Waals surface area (Å²) in [5.74, 6) is -0.723. The Morgan fingerprint density at radius 2 is 1.86 bits per heavy atom. The number of carboxylic acids is 1. The maximum absolute atomic E-state index is 12.8. The number of amides is 2. The Kier molecular flexibility index (Phi) is 3.88. The third kappa shape index (κ3) is 2.57. The van der Waals surface area contributed by atoms with Crippen molar-refractivity contribution in [1.29, 1.82) is 0 Å². The van der Waals surface area contributed by atoms with Crippen molar-refractivity contribution in [2.75, 3.05) is 41.4 Å². The van der Waals surface area contributed by atoms with Crippen molar-refractivity contribution in [2.24, 2.45) is 0 Å². The van der Waals surface area contributed by atoms with Crippen LogP contribution in [-0.4, -0.2) is 53.4 Å². The van der Waals surface area contributed by atoms with E-state index in [1.165, 1.54) is 11.2 Å². The summed E-state index contributed by atoms with van der Waals surface area (Å²) in [6.45, 7) is 3.04. The number of anilines is 4. The zero-order chi connectivity index (χ0) is 19.3. The number of carbonyl (C=O) groups excluding carboxylic acids is 1. The standard InChI is InChI=1S/C18H15N5O4S/c24-17(25)14-13-12-15(19-9-20-16(12)28-14)23(18(26)21-13)11-3-1-10(2-4-11)22-5-7-27-8-6-22/h1-4,9H,5-8H2,(H,21,26)(H,24,25). The van der Waals surface area contributed by atoms with Crippen LogP contribution in [0.5, 0.6) is 0 Å². The molecular weight excluding hydrogens is 382 g/mol. The Morgan fingerprint density at radius 1 is 1.14 bits per heavy atom. The molecule has 9 nitrogen and oxygen atoms in total. The van der Waals surface area contributed by atoms with E-state index < -0.39 is 12.0 Å². The van der Waals surface area contributed by atoms with Gasteiger partial charge in [-0.05, 0) is 24.3 Å². The molecule has 3 aromatic rings. The molecule has 5 rings (SSSR count). The number of nitrogens with zero attached hydrogens (tertiary/aromatic N) is 4. The number of aromatic carboxylic acids is 1. The van der Waals surface area contributed by atoms with E-state index in [4.69, 9.17) is 4.74 Å². The highest BCUT2D eigenvalue weighted by atomic mass is 32.1. The van der Waals surface area contributed by atoms with Gasteiger partial charge in [-0.2, -0.15) is 0 Å². The zero-order valence-corrected chi connectivity index (χ0v) is 15.4. The highest BCUT2D eigenvalue weighted by Gasteiger charge is 2.33. The van der Waals surface area contributed by atoms with Crippen LogP contribution in [0, 0.1) is 0 Å². The number of nitrogens with one attached hydrogen (secondary N) is 1. The van der Waals surface area contributed by atoms with Gasteiger partial charge in [0.1, 0.15) is 16.0 Å². The van der Waals surface area contributed by atoms with E-state index in [2.05, 4.69) is 20.2 Å². The van der Waals surface area contributed by atoms with E-state index in [0.29, 0.717) is 34.9 Å². The van der Waals surface area contributed by atoms with Gasteiger partial charge >= 0.3 is 12.0 Å². The van der Waals surface area contributed by atoms with E-state index in [9.17, 15) is 14.7 Å². The quantitative estimate of drug-likeness (QED) is 0.699. The molecule has 1 aromatic carbocycles. The van der Waals surface area contributed by atoms with Crippen LogP contribution in [0.1, 0.15) is 9.67 Å². The predicted molar refractivity (Wildman–Crippen MR) is 105 cm³/mol. The average molecular weight is 397 g/mol. The minimum atomic E-state index is -1.10. The topological polar surface area (TPSA) is 108 Å². The minimum absolute atomic E-state index is 0.0485. The van der Waals surface area contributed by atoms with Gasteiger partial charge in [0, 0.05) is 18.8 Å². The first-order valence-corrected chi connectivity index (χ1v) is 9.50.